The molecule has 2 heterocycles. The number of anilines is 1. The molecule has 0 bridgehead atoms. The molecule has 1 saturated heterocycles. The highest BCUT2D eigenvalue weighted by Gasteiger charge is 2.28. The van der Waals surface area contributed by atoms with Crippen LogP contribution in [0.3, 0.4) is 0 Å². The van der Waals surface area contributed by atoms with E-state index in [-0.39, 0.29) is 0 Å². The van der Waals surface area contributed by atoms with Crippen molar-refractivity contribution < 1.29 is 9.47 Å². The number of benzene rings is 1. The molecule has 24 heavy (non-hydrogen) atoms. The van der Waals surface area contributed by atoms with Crippen LogP contribution in [0.25, 0.3) is 0 Å². The van der Waals surface area contributed by atoms with E-state index >= 15 is 0 Å². The van der Waals surface area contributed by atoms with Crippen LogP contribution in [0.4, 0.5) is 5.69 Å². The van der Waals surface area contributed by atoms with Crippen molar-refractivity contribution in [3.05, 3.63) is 40.5 Å². The van der Waals surface area contributed by atoms with Crippen LogP contribution in [-0.2, 0) is 4.74 Å². The van der Waals surface area contributed by atoms with Gasteiger partial charge >= 0.3 is 0 Å². The van der Waals surface area contributed by atoms with Crippen LogP contribution in [0.5, 0.6) is 11.6 Å². The molecule has 1 aliphatic carbocycles. The summed E-state index contributed by atoms with van der Waals surface area (Å²) in [5, 5.41) is 8.58. The lowest BCUT2D eigenvalue weighted by Gasteiger charge is -2.29. The minimum Gasteiger partial charge on any atom is -0.435 e. The minimum absolute atomic E-state index is 0.371. The Balaban J connectivity index is 1.70. The van der Waals surface area contributed by atoms with Crippen molar-refractivity contribution in [1.82, 2.24) is 10.2 Å². The Labute approximate surface area is 146 Å². The van der Waals surface area contributed by atoms with Gasteiger partial charge in [0.2, 0.25) is 0 Å². The highest BCUT2D eigenvalue weighted by atomic mass is 35.5. The molecule has 2 aromatic rings. The number of halogens is 1. The monoisotopic (exact) mass is 345 g/mol. The number of hydrogen-bond donors (Lipinski definition) is 0. The maximum Gasteiger partial charge on any atom is 0.262 e. The Bertz CT molecular complexity index is 743. The van der Waals surface area contributed by atoms with E-state index in [2.05, 4.69) is 40.2 Å². The van der Waals surface area contributed by atoms with Crippen molar-refractivity contribution in [3.63, 3.8) is 0 Å². The maximum absolute atomic E-state index is 6.27. The topological polar surface area (TPSA) is 47.5 Å². The van der Waals surface area contributed by atoms with Crippen LogP contribution in [0.15, 0.2) is 24.3 Å². The summed E-state index contributed by atoms with van der Waals surface area (Å²) in [6.45, 7) is 5.04. The zero-order chi connectivity index (χ0) is 16.5. The quantitative estimate of drug-likeness (QED) is 0.839. The fourth-order valence-electron chi connectivity index (χ4n) is 3.08. The lowest BCUT2D eigenvalue weighted by molar-refractivity contribution is 0.122. The second kappa shape index (κ2) is 6.57. The molecule has 0 spiro atoms. The number of nitrogens with zero attached hydrogens (tertiary/aromatic N) is 3. The molecule has 4 rings (SSSR count). The van der Waals surface area contributed by atoms with Crippen molar-refractivity contribution in [1.29, 1.82) is 0 Å². The van der Waals surface area contributed by atoms with Gasteiger partial charge in [-0.3, -0.25) is 0 Å². The van der Waals surface area contributed by atoms with E-state index < -0.39 is 0 Å². The van der Waals surface area contributed by atoms with Gasteiger partial charge in [-0.25, -0.2) is 0 Å². The highest BCUT2D eigenvalue weighted by molar-refractivity contribution is 6.29. The van der Waals surface area contributed by atoms with E-state index in [1.54, 1.807) is 0 Å². The summed E-state index contributed by atoms with van der Waals surface area (Å²) in [7, 11) is 0. The van der Waals surface area contributed by atoms with Gasteiger partial charge < -0.3 is 14.4 Å². The molecule has 1 aromatic carbocycles. The summed E-state index contributed by atoms with van der Waals surface area (Å²) in [5.74, 6) is 2.02. The fraction of sp³-hybridized carbons (Fsp3) is 0.444. The van der Waals surface area contributed by atoms with Gasteiger partial charge in [-0.1, -0.05) is 29.8 Å². The Morgan fingerprint density at radius 1 is 1.21 bits per heavy atom. The first kappa shape index (κ1) is 15.7. The number of hydrogen-bond acceptors (Lipinski definition) is 5. The summed E-state index contributed by atoms with van der Waals surface area (Å²) < 4.78 is 11.7. The third-order valence-electron chi connectivity index (χ3n) is 4.52. The van der Waals surface area contributed by atoms with Crippen LogP contribution in [0.1, 0.15) is 29.9 Å². The van der Waals surface area contributed by atoms with Gasteiger partial charge in [0.05, 0.1) is 13.2 Å². The third kappa shape index (κ3) is 3.19. The number of rotatable bonds is 4. The van der Waals surface area contributed by atoms with E-state index in [0.29, 0.717) is 30.2 Å². The lowest BCUT2D eigenvalue weighted by Crippen LogP contribution is -2.36. The van der Waals surface area contributed by atoms with Crippen LogP contribution < -0.4 is 9.64 Å². The molecular weight excluding hydrogens is 326 g/mol. The van der Waals surface area contributed by atoms with E-state index in [0.717, 1.165) is 30.1 Å². The van der Waals surface area contributed by atoms with Crippen molar-refractivity contribution >= 4 is 17.3 Å². The van der Waals surface area contributed by atoms with E-state index in [1.807, 2.05) is 6.07 Å². The molecule has 1 saturated carbocycles. The van der Waals surface area contributed by atoms with Crippen molar-refractivity contribution in [2.24, 2.45) is 0 Å². The van der Waals surface area contributed by atoms with Gasteiger partial charge in [-0.05, 0) is 36.8 Å². The molecule has 5 nitrogen and oxygen atoms in total. The average molecular weight is 346 g/mol. The Morgan fingerprint density at radius 2 is 2.00 bits per heavy atom. The molecule has 0 N–H and O–H groups in total. The standard InChI is InChI=1S/C18H20ClN3O2/c1-12-3-2-4-14(13-5-6-13)17(12)24-18-15(11-16(19)20-21-18)22-7-9-23-10-8-22/h2-4,11,13H,5-10H2,1H3. The van der Waals surface area contributed by atoms with Gasteiger partial charge in [0.25, 0.3) is 5.88 Å². The minimum atomic E-state index is 0.371. The number of para-hydroxylation sites is 1. The van der Waals surface area contributed by atoms with Crippen molar-refractivity contribution in [3.8, 4) is 11.6 Å². The van der Waals surface area contributed by atoms with Crippen LogP contribution in [0, 0.1) is 6.92 Å². The first-order valence-electron chi connectivity index (χ1n) is 8.35. The van der Waals surface area contributed by atoms with E-state index in [4.69, 9.17) is 21.1 Å². The molecule has 6 heteroatoms. The van der Waals surface area contributed by atoms with Crippen LogP contribution >= 0.6 is 11.6 Å². The number of ether oxygens (including phenoxy) is 2. The van der Waals surface area contributed by atoms with Crippen molar-refractivity contribution in [2.45, 2.75) is 25.7 Å². The summed E-state index contributed by atoms with van der Waals surface area (Å²) in [6, 6.07) is 8.13. The molecule has 2 aliphatic rings. The average Bonchev–Trinajstić information content (AvgIpc) is 3.44. The number of aryl methyl sites for hydroxylation is 1. The zero-order valence-electron chi connectivity index (χ0n) is 13.7. The fourth-order valence-corrected chi connectivity index (χ4v) is 3.22. The molecular formula is C18H20ClN3O2. The highest BCUT2D eigenvalue weighted by Crippen LogP contribution is 2.46. The van der Waals surface area contributed by atoms with Crippen LogP contribution in [-0.4, -0.2) is 36.5 Å². The van der Waals surface area contributed by atoms with Gasteiger partial charge in [0, 0.05) is 19.2 Å². The third-order valence-corrected chi connectivity index (χ3v) is 4.71. The predicted molar refractivity (Wildman–Crippen MR) is 93.3 cm³/mol. The number of aromatic nitrogens is 2. The first-order valence-corrected chi connectivity index (χ1v) is 8.73. The predicted octanol–water partition coefficient (Wildman–Crippen LogP) is 3.94. The molecule has 1 aromatic heterocycles. The van der Waals surface area contributed by atoms with E-state index in [1.165, 1.54) is 18.4 Å². The molecule has 1 aliphatic heterocycles. The second-order valence-electron chi connectivity index (χ2n) is 6.33. The number of morpholine rings is 1. The lowest BCUT2D eigenvalue weighted by atomic mass is 10.1. The smallest absolute Gasteiger partial charge is 0.262 e. The summed E-state index contributed by atoms with van der Waals surface area (Å²) >= 11 is 6.07. The summed E-state index contributed by atoms with van der Waals surface area (Å²) in [6.07, 6.45) is 2.45. The molecule has 126 valence electrons. The summed E-state index contributed by atoms with van der Waals surface area (Å²) in [4.78, 5) is 2.19. The normalized spacial score (nSPS) is 17.8. The molecule has 0 amide bonds. The van der Waals surface area contributed by atoms with Gasteiger partial charge in [-0.2, -0.15) is 0 Å². The Hall–Kier alpha value is -1.85. The summed E-state index contributed by atoms with van der Waals surface area (Å²) in [5.41, 5.74) is 3.26. The molecule has 0 radical (unpaired) electrons. The maximum atomic E-state index is 6.27. The van der Waals surface area contributed by atoms with Crippen LogP contribution in [0.2, 0.25) is 5.15 Å². The Kier molecular flexibility index (Phi) is 4.29. The second-order valence-corrected chi connectivity index (χ2v) is 6.71. The zero-order valence-corrected chi connectivity index (χ0v) is 14.4. The molecule has 0 atom stereocenters. The van der Waals surface area contributed by atoms with Gasteiger partial charge in [0.1, 0.15) is 11.4 Å². The van der Waals surface area contributed by atoms with Gasteiger partial charge in [-0.15, -0.1) is 10.2 Å². The molecule has 2 fully saturated rings. The van der Waals surface area contributed by atoms with Gasteiger partial charge in [0.15, 0.2) is 5.15 Å². The largest absolute Gasteiger partial charge is 0.435 e. The molecule has 0 unspecified atom stereocenters. The first-order chi connectivity index (χ1) is 11.7. The van der Waals surface area contributed by atoms with Crippen molar-refractivity contribution in [2.75, 3.05) is 31.2 Å². The SMILES string of the molecule is Cc1cccc(C2CC2)c1Oc1nnc(Cl)cc1N1CCOCC1. The Morgan fingerprint density at radius 3 is 2.75 bits per heavy atom. The van der Waals surface area contributed by atoms with E-state index in [9.17, 15) is 0 Å².